The molecule has 4 heterocycles. The topological polar surface area (TPSA) is 79.5 Å². The second-order valence-electron chi connectivity index (χ2n) is 7.61. The molecule has 0 unspecified atom stereocenters. The number of rotatable bonds is 4. The fourth-order valence-electron chi connectivity index (χ4n) is 4.12. The minimum atomic E-state index is 0.729. The Morgan fingerprint density at radius 1 is 0.812 bits per heavy atom. The number of hydrogen-bond acceptors (Lipinski definition) is 4. The van der Waals surface area contributed by atoms with Gasteiger partial charge in [0.25, 0.3) is 0 Å². The fraction of sp³-hybridized carbons (Fsp3) is 0.0385. The molecule has 0 aliphatic heterocycles. The number of fused-ring (bicyclic) bond motifs is 2. The van der Waals surface area contributed by atoms with Gasteiger partial charge in [-0.25, -0.2) is 0 Å². The Morgan fingerprint density at radius 2 is 1.78 bits per heavy atom. The molecule has 0 aliphatic carbocycles. The van der Waals surface area contributed by atoms with Gasteiger partial charge >= 0.3 is 0 Å². The van der Waals surface area contributed by atoms with E-state index in [1.807, 2.05) is 48.8 Å². The predicted octanol–water partition coefficient (Wildman–Crippen LogP) is 5.84. The van der Waals surface area contributed by atoms with E-state index in [4.69, 9.17) is 4.74 Å². The Morgan fingerprint density at radius 3 is 2.66 bits per heavy atom. The van der Waals surface area contributed by atoms with E-state index in [1.54, 1.807) is 13.3 Å². The van der Waals surface area contributed by atoms with E-state index in [0.29, 0.717) is 0 Å². The standard InChI is InChI=1S/C26H19N5O/c1-32-18-11-17(14-27-15-18)16-8-9-24-21(12-16)26(31-30-24)25-13-20-19(5-4-7-23(20)29-25)22-6-2-3-10-28-22/h2-15,29H,1H3,(H,30,31). The van der Waals surface area contributed by atoms with Gasteiger partial charge in [-0.15, -0.1) is 0 Å². The smallest absolute Gasteiger partial charge is 0.137 e. The summed E-state index contributed by atoms with van der Waals surface area (Å²) in [6, 6.07) is 22.5. The summed E-state index contributed by atoms with van der Waals surface area (Å²) < 4.78 is 5.33. The second kappa shape index (κ2) is 7.35. The van der Waals surface area contributed by atoms with Crippen molar-refractivity contribution in [2.75, 3.05) is 7.11 Å². The van der Waals surface area contributed by atoms with Crippen molar-refractivity contribution < 1.29 is 4.74 Å². The minimum Gasteiger partial charge on any atom is -0.495 e. The van der Waals surface area contributed by atoms with Gasteiger partial charge in [-0.05, 0) is 48.0 Å². The van der Waals surface area contributed by atoms with Crippen LogP contribution in [0.1, 0.15) is 0 Å². The van der Waals surface area contributed by atoms with Crippen LogP contribution in [0.4, 0.5) is 0 Å². The number of methoxy groups -OCH3 is 1. The highest BCUT2D eigenvalue weighted by molar-refractivity contribution is 6.01. The number of nitrogens with zero attached hydrogens (tertiary/aromatic N) is 3. The number of nitrogens with one attached hydrogen (secondary N) is 2. The highest BCUT2D eigenvalue weighted by Crippen LogP contribution is 2.35. The molecule has 0 saturated heterocycles. The van der Waals surface area contributed by atoms with E-state index >= 15 is 0 Å². The van der Waals surface area contributed by atoms with Gasteiger partial charge in [-0.2, -0.15) is 5.10 Å². The maximum Gasteiger partial charge on any atom is 0.137 e. The molecule has 4 aromatic heterocycles. The van der Waals surface area contributed by atoms with Crippen LogP contribution >= 0.6 is 0 Å². The van der Waals surface area contributed by atoms with Crippen LogP contribution < -0.4 is 4.74 Å². The molecule has 32 heavy (non-hydrogen) atoms. The summed E-state index contributed by atoms with van der Waals surface area (Å²) in [7, 11) is 1.65. The van der Waals surface area contributed by atoms with Gasteiger partial charge in [0, 0.05) is 39.8 Å². The fourth-order valence-corrected chi connectivity index (χ4v) is 4.12. The number of aromatic nitrogens is 5. The van der Waals surface area contributed by atoms with E-state index < -0.39 is 0 Å². The van der Waals surface area contributed by atoms with E-state index in [2.05, 4.69) is 55.5 Å². The SMILES string of the molecule is COc1cncc(-c2ccc3[nH]nc(-c4cc5c(-c6ccccn6)cccc5[nH]4)c3c2)c1. The third-order valence-electron chi connectivity index (χ3n) is 5.71. The molecular weight excluding hydrogens is 398 g/mol. The van der Waals surface area contributed by atoms with E-state index in [9.17, 15) is 0 Å². The second-order valence-corrected chi connectivity index (χ2v) is 7.61. The monoisotopic (exact) mass is 417 g/mol. The van der Waals surface area contributed by atoms with Gasteiger partial charge in [0.05, 0.1) is 30.2 Å². The number of ether oxygens (including phenoxy) is 1. The molecule has 0 spiro atoms. The lowest BCUT2D eigenvalue weighted by molar-refractivity contribution is 0.413. The van der Waals surface area contributed by atoms with Crippen LogP contribution in [0, 0.1) is 0 Å². The first-order chi connectivity index (χ1) is 15.8. The zero-order chi connectivity index (χ0) is 21.5. The molecule has 0 fully saturated rings. The molecule has 6 rings (SSSR count). The van der Waals surface area contributed by atoms with Gasteiger partial charge in [-0.1, -0.05) is 24.3 Å². The molecule has 0 saturated carbocycles. The first kappa shape index (κ1) is 18.3. The van der Waals surface area contributed by atoms with Crippen molar-refractivity contribution in [1.82, 2.24) is 25.1 Å². The van der Waals surface area contributed by atoms with Crippen molar-refractivity contribution in [3.05, 3.63) is 85.3 Å². The summed E-state index contributed by atoms with van der Waals surface area (Å²) in [6.45, 7) is 0. The normalized spacial score (nSPS) is 11.3. The summed E-state index contributed by atoms with van der Waals surface area (Å²) in [5.41, 5.74) is 7.94. The van der Waals surface area contributed by atoms with Gasteiger partial charge in [0.15, 0.2) is 0 Å². The van der Waals surface area contributed by atoms with Crippen molar-refractivity contribution >= 4 is 21.8 Å². The molecule has 0 bridgehead atoms. The largest absolute Gasteiger partial charge is 0.495 e. The quantitative estimate of drug-likeness (QED) is 0.377. The Kier molecular flexibility index (Phi) is 4.21. The lowest BCUT2D eigenvalue weighted by Crippen LogP contribution is -1.86. The van der Waals surface area contributed by atoms with Gasteiger partial charge in [-0.3, -0.25) is 15.1 Å². The summed E-state index contributed by atoms with van der Waals surface area (Å²) in [5.74, 6) is 0.729. The molecule has 6 heteroatoms. The van der Waals surface area contributed by atoms with Crippen LogP contribution in [-0.2, 0) is 0 Å². The number of pyridine rings is 2. The van der Waals surface area contributed by atoms with Gasteiger partial charge in [0.1, 0.15) is 11.4 Å². The van der Waals surface area contributed by atoms with Crippen LogP contribution in [-0.4, -0.2) is 32.3 Å². The molecular formula is C26H19N5O. The summed E-state index contributed by atoms with van der Waals surface area (Å²) in [6.07, 6.45) is 5.36. The van der Waals surface area contributed by atoms with Crippen LogP contribution in [0.3, 0.4) is 0 Å². The minimum absolute atomic E-state index is 0.729. The average molecular weight is 417 g/mol. The maximum absolute atomic E-state index is 5.33. The highest BCUT2D eigenvalue weighted by Gasteiger charge is 2.14. The molecule has 6 aromatic rings. The Balaban J connectivity index is 1.50. The molecule has 0 aliphatic rings. The maximum atomic E-state index is 5.33. The van der Waals surface area contributed by atoms with E-state index in [1.165, 1.54) is 0 Å². The van der Waals surface area contributed by atoms with Crippen LogP contribution in [0.15, 0.2) is 85.3 Å². The third kappa shape index (κ3) is 3.01. The third-order valence-corrected chi connectivity index (χ3v) is 5.71. The first-order valence-corrected chi connectivity index (χ1v) is 10.3. The molecule has 6 nitrogen and oxygen atoms in total. The Hall–Kier alpha value is -4.45. The number of benzene rings is 2. The van der Waals surface area contributed by atoms with Crippen molar-refractivity contribution in [3.63, 3.8) is 0 Å². The zero-order valence-corrected chi connectivity index (χ0v) is 17.3. The van der Waals surface area contributed by atoms with Crippen molar-refractivity contribution in [1.29, 1.82) is 0 Å². The van der Waals surface area contributed by atoms with Crippen LogP contribution in [0.25, 0.3) is 55.6 Å². The first-order valence-electron chi connectivity index (χ1n) is 10.3. The highest BCUT2D eigenvalue weighted by atomic mass is 16.5. The van der Waals surface area contributed by atoms with Crippen molar-refractivity contribution in [2.24, 2.45) is 0 Å². The van der Waals surface area contributed by atoms with E-state index in [0.717, 1.165) is 61.3 Å². The molecule has 2 N–H and O–H groups in total. The number of aromatic amines is 2. The number of H-pyrrole nitrogens is 2. The average Bonchev–Trinajstić information content (AvgIpc) is 3.48. The molecule has 0 amide bonds. The van der Waals surface area contributed by atoms with Crippen molar-refractivity contribution in [2.45, 2.75) is 0 Å². The van der Waals surface area contributed by atoms with Gasteiger partial charge < -0.3 is 9.72 Å². The van der Waals surface area contributed by atoms with Gasteiger partial charge in [0.2, 0.25) is 0 Å². The Labute approximate surface area is 183 Å². The van der Waals surface area contributed by atoms with Crippen molar-refractivity contribution in [3.8, 4) is 39.5 Å². The molecule has 0 atom stereocenters. The summed E-state index contributed by atoms with van der Waals surface area (Å²) in [5, 5.41) is 9.93. The predicted molar refractivity (Wildman–Crippen MR) is 126 cm³/mol. The summed E-state index contributed by atoms with van der Waals surface area (Å²) in [4.78, 5) is 12.4. The zero-order valence-electron chi connectivity index (χ0n) is 17.3. The number of hydrogen-bond donors (Lipinski definition) is 2. The lowest BCUT2D eigenvalue weighted by Gasteiger charge is -2.04. The summed E-state index contributed by atoms with van der Waals surface area (Å²) >= 11 is 0. The van der Waals surface area contributed by atoms with Crippen LogP contribution in [0.5, 0.6) is 5.75 Å². The Bertz CT molecular complexity index is 1570. The molecule has 154 valence electrons. The molecule has 0 radical (unpaired) electrons. The van der Waals surface area contributed by atoms with Crippen LogP contribution in [0.2, 0.25) is 0 Å². The molecule has 2 aromatic carbocycles. The van der Waals surface area contributed by atoms with E-state index in [-0.39, 0.29) is 0 Å². The lowest BCUT2D eigenvalue weighted by atomic mass is 10.0.